The number of aromatic nitrogens is 2. The molecule has 0 amide bonds. The zero-order valence-corrected chi connectivity index (χ0v) is 12.0. The molecule has 1 aromatic heterocycles. The fraction of sp³-hybridized carbons (Fsp3) is 0.692. The lowest BCUT2D eigenvalue weighted by Crippen LogP contribution is -2.26. The van der Waals surface area contributed by atoms with Crippen LogP contribution in [0.15, 0.2) is 6.20 Å². The second kappa shape index (κ2) is 7.16. The van der Waals surface area contributed by atoms with Crippen molar-refractivity contribution >= 4 is 11.8 Å². The second-order valence-corrected chi connectivity index (χ2v) is 4.57. The molecule has 1 aromatic rings. The first-order valence-corrected chi connectivity index (χ1v) is 6.44. The highest BCUT2D eigenvalue weighted by Gasteiger charge is 2.08. The van der Waals surface area contributed by atoms with Crippen molar-refractivity contribution in [3.63, 3.8) is 0 Å². The number of aryl methyl sites for hydroxylation is 1. The van der Waals surface area contributed by atoms with Gasteiger partial charge in [-0.1, -0.05) is 0 Å². The quantitative estimate of drug-likeness (QED) is 0.805. The number of ether oxygens (including phenoxy) is 1. The van der Waals surface area contributed by atoms with Gasteiger partial charge in [0.15, 0.2) is 0 Å². The Kier molecular flexibility index (Phi) is 5.85. The SMILES string of the molecule is CCNc1ncc(C)c(N(C)CCOC(C)C)n1. The molecule has 0 unspecified atom stereocenters. The van der Waals surface area contributed by atoms with Gasteiger partial charge in [-0.3, -0.25) is 0 Å². The Labute approximate surface area is 110 Å². The van der Waals surface area contributed by atoms with Gasteiger partial charge in [0.2, 0.25) is 5.95 Å². The van der Waals surface area contributed by atoms with Crippen LogP contribution < -0.4 is 10.2 Å². The summed E-state index contributed by atoms with van der Waals surface area (Å²) in [5.74, 6) is 1.63. The lowest BCUT2D eigenvalue weighted by atomic mass is 10.3. The summed E-state index contributed by atoms with van der Waals surface area (Å²) < 4.78 is 5.55. The summed E-state index contributed by atoms with van der Waals surface area (Å²) in [4.78, 5) is 10.8. The van der Waals surface area contributed by atoms with Gasteiger partial charge < -0.3 is 15.0 Å². The summed E-state index contributed by atoms with van der Waals surface area (Å²) in [7, 11) is 2.02. The molecule has 1 rings (SSSR count). The minimum Gasteiger partial charge on any atom is -0.377 e. The highest BCUT2D eigenvalue weighted by Crippen LogP contribution is 2.16. The van der Waals surface area contributed by atoms with Gasteiger partial charge in [-0.2, -0.15) is 4.98 Å². The van der Waals surface area contributed by atoms with E-state index < -0.39 is 0 Å². The van der Waals surface area contributed by atoms with Crippen LogP contribution in [-0.2, 0) is 4.74 Å². The largest absolute Gasteiger partial charge is 0.377 e. The zero-order chi connectivity index (χ0) is 13.5. The first-order chi connectivity index (χ1) is 8.54. The number of hydrogen-bond acceptors (Lipinski definition) is 5. The predicted octanol–water partition coefficient (Wildman–Crippen LogP) is 2.08. The highest BCUT2D eigenvalue weighted by atomic mass is 16.5. The smallest absolute Gasteiger partial charge is 0.224 e. The van der Waals surface area contributed by atoms with E-state index in [-0.39, 0.29) is 6.10 Å². The summed E-state index contributed by atoms with van der Waals surface area (Å²) in [5, 5.41) is 3.12. The third-order valence-electron chi connectivity index (χ3n) is 2.52. The van der Waals surface area contributed by atoms with Crippen molar-refractivity contribution in [3.8, 4) is 0 Å². The maximum absolute atomic E-state index is 5.55. The molecule has 18 heavy (non-hydrogen) atoms. The summed E-state index contributed by atoms with van der Waals surface area (Å²) >= 11 is 0. The van der Waals surface area contributed by atoms with E-state index in [0.29, 0.717) is 12.6 Å². The first-order valence-electron chi connectivity index (χ1n) is 6.44. The van der Waals surface area contributed by atoms with Gasteiger partial charge in [0.1, 0.15) is 5.82 Å². The summed E-state index contributed by atoms with van der Waals surface area (Å²) in [6, 6.07) is 0. The molecule has 102 valence electrons. The van der Waals surface area contributed by atoms with Crippen LogP contribution in [0.2, 0.25) is 0 Å². The third-order valence-corrected chi connectivity index (χ3v) is 2.52. The monoisotopic (exact) mass is 252 g/mol. The second-order valence-electron chi connectivity index (χ2n) is 4.57. The van der Waals surface area contributed by atoms with Crippen LogP contribution in [0.5, 0.6) is 0 Å². The molecule has 0 aliphatic heterocycles. The molecule has 0 saturated heterocycles. The van der Waals surface area contributed by atoms with E-state index in [1.54, 1.807) is 0 Å². The molecule has 5 heteroatoms. The number of nitrogens with zero attached hydrogens (tertiary/aromatic N) is 3. The third kappa shape index (κ3) is 4.49. The number of rotatable bonds is 7. The van der Waals surface area contributed by atoms with Gasteiger partial charge in [-0.15, -0.1) is 0 Å². The summed E-state index contributed by atoms with van der Waals surface area (Å²) in [6.07, 6.45) is 2.11. The molecule has 0 fully saturated rings. The molecule has 0 atom stereocenters. The Balaban J connectivity index is 2.65. The maximum Gasteiger partial charge on any atom is 0.224 e. The van der Waals surface area contributed by atoms with Crippen LogP contribution in [0.25, 0.3) is 0 Å². The highest BCUT2D eigenvalue weighted by molar-refractivity contribution is 5.48. The number of anilines is 2. The van der Waals surface area contributed by atoms with Crippen LogP contribution in [0, 0.1) is 6.92 Å². The van der Waals surface area contributed by atoms with Crippen molar-refractivity contribution in [1.29, 1.82) is 0 Å². The van der Waals surface area contributed by atoms with Crippen molar-refractivity contribution in [2.75, 3.05) is 37.0 Å². The van der Waals surface area contributed by atoms with E-state index in [2.05, 4.69) is 20.2 Å². The van der Waals surface area contributed by atoms with Crippen molar-refractivity contribution in [2.45, 2.75) is 33.8 Å². The standard InChI is InChI=1S/C13H24N4O/c1-6-14-13-15-9-11(4)12(16-13)17(5)7-8-18-10(2)3/h9-10H,6-8H2,1-5H3,(H,14,15,16). The number of likely N-dealkylation sites (N-methyl/N-ethyl adjacent to an activating group) is 1. The molecule has 0 spiro atoms. The Hall–Kier alpha value is -1.36. The van der Waals surface area contributed by atoms with Crippen LogP contribution in [0.3, 0.4) is 0 Å². The normalized spacial score (nSPS) is 10.8. The lowest BCUT2D eigenvalue weighted by Gasteiger charge is -2.21. The molecule has 0 aromatic carbocycles. The Morgan fingerprint density at radius 2 is 2.17 bits per heavy atom. The van der Waals surface area contributed by atoms with Crippen molar-refractivity contribution < 1.29 is 4.74 Å². The molecule has 0 bridgehead atoms. The molecular weight excluding hydrogens is 228 g/mol. The van der Waals surface area contributed by atoms with E-state index in [9.17, 15) is 0 Å². The summed E-state index contributed by atoms with van der Waals surface area (Å²) in [5.41, 5.74) is 1.07. The molecule has 5 nitrogen and oxygen atoms in total. The van der Waals surface area contributed by atoms with E-state index in [0.717, 1.165) is 24.5 Å². The molecule has 0 aliphatic carbocycles. The van der Waals surface area contributed by atoms with Crippen molar-refractivity contribution in [2.24, 2.45) is 0 Å². The fourth-order valence-corrected chi connectivity index (χ4v) is 1.59. The van der Waals surface area contributed by atoms with Gasteiger partial charge in [0.25, 0.3) is 0 Å². The Morgan fingerprint density at radius 3 is 2.78 bits per heavy atom. The average molecular weight is 252 g/mol. The zero-order valence-electron chi connectivity index (χ0n) is 12.0. The first kappa shape index (κ1) is 14.7. The van der Waals surface area contributed by atoms with Crippen molar-refractivity contribution in [1.82, 2.24) is 9.97 Å². The van der Waals surface area contributed by atoms with Gasteiger partial charge in [-0.25, -0.2) is 4.98 Å². The molecule has 0 aliphatic rings. The van der Waals surface area contributed by atoms with Gasteiger partial charge in [0.05, 0.1) is 12.7 Å². The van der Waals surface area contributed by atoms with Crippen LogP contribution >= 0.6 is 0 Å². The van der Waals surface area contributed by atoms with Crippen LogP contribution in [-0.4, -0.2) is 42.8 Å². The molecule has 0 radical (unpaired) electrons. The van der Waals surface area contributed by atoms with E-state index in [1.165, 1.54) is 0 Å². The van der Waals surface area contributed by atoms with E-state index in [1.807, 2.05) is 40.9 Å². The van der Waals surface area contributed by atoms with Crippen LogP contribution in [0.1, 0.15) is 26.3 Å². The van der Waals surface area contributed by atoms with E-state index in [4.69, 9.17) is 4.74 Å². The van der Waals surface area contributed by atoms with Crippen LogP contribution in [0.4, 0.5) is 11.8 Å². The van der Waals surface area contributed by atoms with Gasteiger partial charge in [-0.05, 0) is 27.7 Å². The topological polar surface area (TPSA) is 50.3 Å². The molecular formula is C13H24N4O. The van der Waals surface area contributed by atoms with Gasteiger partial charge in [0, 0.05) is 31.9 Å². The maximum atomic E-state index is 5.55. The Morgan fingerprint density at radius 1 is 1.44 bits per heavy atom. The summed E-state index contributed by atoms with van der Waals surface area (Å²) in [6.45, 7) is 10.5. The minimum absolute atomic E-state index is 0.266. The molecule has 1 N–H and O–H groups in total. The van der Waals surface area contributed by atoms with E-state index >= 15 is 0 Å². The Bertz CT molecular complexity index is 368. The average Bonchev–Trinajstić information content (AvgIpc) is 2.31. The molecule has 1 heterocycles. The van der Waals surface area contributed by atoms with Gasteiger partial charge >= 0.3 is 0 Å². The predicted molar refractivity (Wildman–Crippen MR) is 75.3 cm³/mol. The fourth-order valence-electron chi connectivity index (χ4n) is 1.59. The number of hydrogen-bond donors (Lipinski definition) is 1. The minimum atomic E-state index is 0.266. The number of nitrogens with one attached hydrogen (secondary N) is 1. The lowest BCUT2D eigenvalue weighted by molar-refractivity contribution is 0.0845. The van der Waals surface area contributed by atoms with Crippen molar-refractivity contribution in [3.05, 3.63) is 11.8 Å². The molecule has 0 saturated carbocycles.